The summed E-state index contributed by atoms with van der Waals surface area (Å²) in [6.45, 7) is 1.11. The van der Waals surface area contributed by atoms with Gasteiger partial charge in [-0.25, -0.2) is 4.98 Å². The van der Waals surface area contributed by atoms with E-state index in [1.54, 1.807) is 13.3 Å². The average Bonchev–Trinajstić information content (AvgIpc) is 2.76. The second-order valence-corrected chi connectivity index (χ2v) is 4.65. The lowest BCUT2D eigenvalue weighted by molar-refractivity contribution is 0.109. The van der Waals surface area contributed by atoms with Gasteiger partial charge in [0.1, 0.15) is 5.75 Å². The molecule has 1 aromatic heterocycles. The Labute approximate surface area is 104 Å². The lowest BCUT2D eigenvalue weighted by atomic mass is 10.2. The van der Waals surface area contributed by atoms with Crippen molar-refractivity contribution in [1.82, 2.24) is 4.98 Å². The van der Waals surface area contributed by atoms with E-state index in [9.17, 15) is 0 Å². The molecule has 4 nitrogen and oxygen atoms in total. The van der Waals surface area contributed by atoms with Crippen LogP contribution in [0.5, 0.6) is 5.75 Å². The van der Waals surface area contributed by atoms with Crippen LogP contribution in [0.2, 0.25) is 0 Å². The molecule has 2 aromatic rings. The van der Waals surface area contributed by atoms with Crippen molar-refractivity contribution in [2.75, 3.05) is 12.8 Å². The quantitative estimate of drug-likeness (QED) is 0.885. The summed E-state index contributed by atoms with van der Waals surface area (Å²) < 4.78 is 10.7. The van der Waals surface area contributed by atoms with Gasteiger partial charge in [-0.1, -0.05) is 23.5 Å². The fourth-order valence-corrected chi connectivity index (χ4v) is 2.00. The highest BCUT2D eigenvalue weighted by Crippen LogP contribution is 2.16. The number of thiazole rings is 1. The van der Waals surface area contributed by atoms with Gasteiger partial charge in [0, 0.05) is 6.20 Å². The summed E-state index contributed by atoms with van der Waals surface area (Å²) in [5.74, 6) is 0.851. The minimum atomic E-state index is 0.543. The standard InChI is InChI=1S/C12H14N2O2S/c1-15-10-4-2-9(3-5-10)7-16-8-11-6-14-12(13)17-11/h2-6H,7-8H2,1H3,(H2,13,14). The third-order valence-electron chi connectivity index (χ3n) is 2.24. The maximum absolute atomic E-state index is 5.57. The molecule has 90 valence electrons. The van der Waals surface area contributed by atoms with E-state index in [0.29, 0.717) is 18.3 Å². The average molecular weight is 250 g/mol. The molecule has 0 radical (unpaired) electrons. The van der Waals surface area contributed by atoms with E-state index in [2.05, 4.69) is 4.98 Å². The van der Waals surface area contributed by atoms with Crippen molar-refractivity contribution in [3.8, 4) is 5.75 Å². The van der Waals surface area contributed by atoms with Crippen LogP contribution in [0.4, 0.5) is 5.13 Å². The number of hydrogen-bond acceptors (Lipinski definition) is 5. The zero-order valence-corrected chi connectivity index (χ0v) is 10.4. The molecule has 1 aromatic carbocycles. The van der Waals surface area contributed by atoms with Gasteiger partial charge in [-0.3, -0.25) is 0 Å². The molecule has 0 atom stereocenters. The van der Waals surface area contributed by atoms with E-state index in [-0.39, 0.29) is 0 Å². The SMILES string of the molecule is COc1ccc(COCc2cnc(N)s2)cc1. The topological polar surface area (TPSA) is 57.4 Å². The summed E-state index contributed by atoms with van der Waals surface area (Å²) in [4.78, 5) is 5.00. The van der Waals surface area contributed by atoms with Gasteiger partial charge in [0.15, 0.2) is 5.13 Å². The maximum Gasteiger partial charge on any atom is 0.180 e. The maximum atomic E-state index is 5.57. The summed E-state index contributed by atoms with van der Waals surface area (Å²) in [6.07, 6.45) is 1.74. The minimum Gasteiger partial charge on any atom is -0.497 e. The molecule has 17 heavy (non-hydrogen) atoms. The number of methoxy groups -OCH3 is 1. The largest absolute Gasteiger partial charge is 0.497 e. The Morgan fingerprint density at radius 3 is 2.59 bits per heavy atom. The first-order chi connectivity index (χ1) is 8.28. The molecule has 0 unspecified atom stereocenters. The van der Waals surface area contributed by atoms with Gasteiger partial charge < -0.3 is 15.2 Å². The van der Waals surface area contributed by atoms with Gasteiger partial charge in [0.05, 0.1) is 25.2 Å². The Balaban J connectivity index is 1.81. The van der Waals surface area contributed by atoms with E-state index >= 15 is 0 Å². The summed E-state index contributed by atoms with van der Waals surface area (Å²) in [5, 5.41) is 0.577. The van der Waals surface area contributed by atoms with Crippen molar-refractivity contribution in [3.63, 3.8) is 0 Å². The van der Waals surface area contributed by atoms with Crippen LogP contribution in [0.1, 0.15) is 10.4 Å². The monoisotopic (exact) mass is 250 g/mol. The van der Waals surface area contributed by atoms with Gasteiger partial charge in [-0.05, 0) is 17.7 Å². The Kier molecular flexibility index (Phi) is 3.95. The molecule has 0 spiro atoms. The minimum absolute atomic E-state index is 0.543. The first-order valence-corrected chi connectivity index (χ1v) is 6.00. The number of nitrogens with zero attached hydrogens (tertiary/aromatic N) is 1. The number of benzene rings is 1. The van der Waals surface area contributed by atoms with Crippen molar-refractivity contribution >= 4 is 16.5 Å². The van der Waals surface area contributed by atoms with Crippen molar-refractivity contribution in [3.05, 3.63) is 40.9 Å². The van der Waals surface area contributed by atoms with Gasteiger partial charge in [-0.2, -0.15) is 0 Å². The molecule has 0 aliphatic carbocycles. The molecule has 0 saturated heterocycles. The third kappa shape index (κ3) is 3.44. The number of nitrogens with two attached hydrogens (primary N) is 1. The van der Waals surface area contributed by atoms with E-state index in [1.807, 2.05) is 24.3 Å². The highest BCUT2D eigenvalue weighted by molar-refractivity contribution is 7.15. The summed E-state index contributed by atoms with van der Waals surface area (Å²) >= 11 is 1.45. The predicted molar refractivity (Wildman–Crippen MR) is 68.0 cm³/mol. The number of ether oxygens (including phenoxy) is 2. The van der Waals surface area contributed by atoms with E-state index < -0.39 is 0 Å². The number of nitrogen functional groups attached to an aromatic ring is 1. The number of rotatable bonds is 5. The fraction of sp³-hybridized carbons (Fsp3) is 0.250. The fourth-order valence-electron chi connectivity index (χ4n) is 1.38. The highest BCUT2D eigenvalue weighted by Gasteiger charge is 1.99. The Bertz CT molecular complexity index is 468. The molecule has 2 rings (SSSR count). The van der Waals surface area contributed by atoms with E-state index in [4.69, 9.17) is 15.2 Å². The molecule has 1 heterocycles. The molecule has 0 bridgehead atoms. The van der Waals surface area contributed by atoms with Crippen LogP contribution in [-0.2, 0) is 18.0 Å². The number of aromatic nitrogens is 1. The lowest BCUT2D eigenvalue weighted by Gasteiger charge is -2.04. The lowest BCUT2D eigenvalue weighted by Crippen LogP contribution is -1.92. The predicted octanol–water partition coefficient (Wildman–Crippen LogP) is 2.45. The molecule has 0 fully saturated rings. The second-order valence-electron chi connectivity index (χ2n) is 3.51. The van der Waals surface area contributed by atoms with Crippen LogP contribution in [-0.4, -0.2) is 12.1 Å². The van der Waals surface area contributed by atoms with Crippen LogP contribution in [0.15, 0.2) is 30.5 Å². The second kappa shape index (κ2) is 5.65. The Hall–Kier alpha value is -1.59. The van der Waals surface area contributed by atoms with Crippen LogP contribution in [0, 0.1) is 0 Å². The van der Waals surface area contributed by atoms with Crippen molar-refractivity contribution in [1.29, 1.82) is 0 Å². The van der Waals surface area contributed by atoms with Crippen molar-refractivity contribution < 1.29 is 9.47 Å². The van der Waals surface area contributed by atoms with Gasteiger partial charge in [-0.15, -0.1) is 0 Å². The van der Waals surface area contributed by atoms with Crippen LogP contribution in [0.3, 0.4) is 0 Å². The smallest absolute Gasteiger partial charge is 0.180 e. The van der Waals surface area contributed by atoms with Crippen molar-refractivity contribution in [2.24, 2.45) is 0 Å². The first-order valence-electron chi connectivity index (χ1n) is 5.19. The number of hydrogen-bond donors (Lipinski definition) is 1. The van der Waals surface area contributed by atoms with Crippen LogP contribution < -0.4 is 10.5 Å². The number of anilines is 1. The van der Waals surface area contributed by atoms with Gasteiger partial charge in [0.2, 0.25) is 0 Å². The summed E-state index contributed by atoms with van der Waals surface area (Å²) in [6, 6.07) is 7.81. The summed E-state index contributed by atoms with van der Waals surface area (Å²) in [5.41, 5.74) is 6.65. The van der Waals surface area contributed by atoms with Gasteiger partial charge in [0.25, 0.3) is 0 Å². The first kappa shape index (κ1) is 11.9. The molecule has 0 saturated carbocycles. The highest BCUT2D eigenvalue weighted by atomic mass is 32.1. The summed E-state index contributed by atoms with van der Waals surface area (Å²) in [7, 11) is 1.65. The molecule has 0 aliphatic rings. The van der Waals surface area contributed by atoms with Crippen LogP contribution >= 0.6 is 11.3 Å². The molecule has 2 N–H and O–H groups in total. The normalized spacial score (nSPS) is 10.4. The molecular weight excluding hydrogens is 236 g/mol. The van der Waals surface area contributed by atoms with Crippen LogP contribution in [0.25, 0.3) is 0 Å². The van der Waals surface area contributed by atoms with Crippen molar-refractivity contribution in [2.45, 2.75) is 13.2 Å². The van der Waals surface area contributed by atoms with E-state index in [1.165, 1.54) is 11.3 Å². The molecule has 0 amide bonds. The molecule has 5 heteroatoms. The molecular formula is C12H14N2O2S. The Morgan fingerprint density at radius 2 is 2.00 bits per heavy atom. The van der Waals surface area contributed by atoms with Gasteiger partial charge >= 0.3 is 0 Å². The third-order valence-corrected chi connectivity index (χ3v) is 3.04. The Morgan fingerprint density at radius 1 is 1.24 bits per heavy atom. The van der Waals surface area contributed by atoms with E-state index in [0.717, 1.165) is 16.2 Å². The zero-order chi connectivity index (χ0) is 12.1. The zero-order valence-electron chi connectivity index (χ0n) is 9.55. The molecule has 0 aliphatic heterocycles.